The van der Waals surface area contributed by atoms with Gasteiger partial charge in [-0.15, -0.1) is 0 Å². The lowest BCUT2D eigenvalue weighted by molar-refractivity contribution is 0.102. The van der Waals surface area contributed by atoms with Crippen LogP contribution in [-0.4, -0.2) is 48.7 Å². The number of carbonyl (C=O) groups excluding carboxylic acids is 1. The Bertz CT molecular complexity index is 1410. The second kappa shape index (κ2) is 9.58. The van der Waals surface area contributed by atoms with Crippen LogP contribution < -0.4 is 19.5 Å². The second-order valence-electron chi connectivity index (χ2n) is 6.89. The molecular formula is C22H20N6O5S. The van der Waals surface area contributed by atoms with Crippen molar-refractivity contribution in [3.8, 4) is 22.8 Å². The lowest BCUT2D eigenvalue weighted by Crippen LogP contribution is -2.15. The van der Waals surface area contributed by atoms with Crippen molar-refractivity contribution in [2.75, 3.05) is 24.3 Å². The van der Waals surface area contributed by atoms with Gasteiger partial charge < -0.3 is 14.8 Å². The number of aromatic nitrogens is 4. The molecule has 0 saturated carbocycles. The minimum atomic E-state index is -3.87. The van der Waals surface area contributed by atoms with Crippen LogP contribution in [0.25, 0.3) is 11.3 Å². The number of aromatic amines is 1. The number of amides is 1. The molecule has 2 aromatic heterocycles. The summed E-state index contributed by atoms with van der Waals surface area (Å²) in [6.45, 7) is 0. The monoisotopic (exact) mass is 480 g/mol. The van der Waals surface area contributed by atoms with E-state index in [2.05, 4.69) is 30.2 Å². The average Bonchev–Trinajstić information content (AvgIpc) is 3.34. The summed E-state index contributed by atoms with van der Waals surface area (Å²) in [6.07, 6.45) is 2.85. The zero-order valence-electron chi connectivity index (χ0n) is 18.1. The summed E-state index contributed by atoms with van der Waals surface area (Å²) >= 11 is 0. The Balaban J connectivity index is 1.46. The van der Waals surface area contributed by atoms with Crippen LogP contribution in [-0.2, 0) is 10.0 Å². The van der Waals surface area contributed by atoms with Gasteiger partial charge in [-0.05, 0) is 48.5 Å². The fourth-order valence-corrected chi connectivity index (χ4v) is 3.99. The van der Waals surface area contributed by atoms with Crippen molar-refractivity contribution in [3.63, 3.8) is 0 Å². The van der Waals surface area contributed by atoms with Gasteiger partial charge in [0.15, 0.2) is 0 Å². The Morgan fingerprint density at radius 2 is 1.71 bits per heavy atom. The molecule has 2 aromatic carbocycles. The van der Waals surface area contributed by atoms with E-state index >= 15 is 0 Å². The summed E-state index contributed by atoms with van der Waals surface area (Å²) in [5.74, 6) is 0.691. The van der Waals surface area contributed by atoms with Gasteiger partial charge in [-0.25, -0.2) is 23.1 Å². The maximum Gasteiger partial charge on any atom is 0.273 e. The lowest BCUT2D eigenvalue weighted by Gasteiger charge is -2.08. The van der Waals surface area contributed by atoms with Crippen molar-refractivity contribution in [1.82, 2.24) is 20.2 Å². The molecule has 174 valence electrons. The summed E-state index contributed by atoms with van der Waals surface area (Å²) in [6, 6.07) is 14.1. The van der Waals surface area contributed by atoms with E-state index in [-0.39, 0.29) is 16.5 Å². The Labute approximate surface area is 195 Å². The molecule has 12 heteroatoms. The zero-order chi connectivity index (χ0) is 24.1. The zero-order valence-corrected chi connectivity index (χ0v) is 19.0. The summed E-state index contributed by atoms with van der Waals surface area (Å²) in [7, 11) is -0.785. The smallest absolute Gasteiger partial charge is 0.273 e. The first-order chi connectivity index (χ1) is 16.4. The molecule has 0 aliphatic heterocycles. The van der Waals surface area contributed by atoms with E-state index in [0.717, 1.165) is 0 Å². The lowest BCUT2D eigenvalue weighted by atomic mass is 10.1. The van der Waals surface area contributed by atoms with Crippen LogP contribution in [0.2, 0.25) is 0 Å². The van der Waals surface area contributed by atoms with Crippen LogP contribution in [0.4, 0.5) is 11.6 Å². The Morgan fingerprint density at radius 1 is 0.971 bits per heavy atom. The second-order valence-corrected chi connectivity index (χ2v) is 8.57. The number of nitrogens with zero attached hydrogens (tertiary/aromatic N) is 3. The van der Waals surface area contributed by atoms with Crippen molar-refractivity contribution in [3.05, 3.63) is 72.7 Å². The molecule has 4 rings (SSSR count). The van der Waals surface area contributed by atoms with Gasteiger partial charge in [0.1, 0.15) is 17.2 Å². The van der Waals surface area contributed by atoms with Gasteiger partial charge in [0.25, 0.3) is 15.9 Å². The fraction of sp³-hybridized carbons (Fsp3) is 0.0909. The molecule has 0 radical (unpaired) electrons. The third-order valence-corrected chi connectivity index (χ3v) is 6.07. The van der Waals surface area contributed by atoms with Gasteiger partial charge in [-0.1, -0.05) is 0 Å². The molecule has 0 aliphatic carbocycles. The molecule has 0 atom stereocenters. The van der Waals surface area contributed by atoms with Gasteiger partial charge in [-0.3, -0.25) is 9.89 Å². The maximum atomic E-state index is 12.7. The van der Waals surface area contributed by atoms with E-state index < -0.39 is 15.9 Å². The van der Waals surface area contributed by atoms with E-state index in [1.165, 1.54) is 43.8 Å². The largest absolute Gasteiger partial charge is 0.497 e. The third-order valence-electron chi connectivity index (χ3n) is 4.72. The van der Waals surface area contributed by atoms with Crippen molar-refractivity contribution in [1.29, 1.82) is 0 Å². The van der Waals surface area contributed by atoms with Crippen LogP contribution >= 0.6 is 0 Å². The molecule has 2 heterocycles. The number of anilines is 2. The molecule has 3 N–H and O–H groups in total. The summed E-state index contributed by atoms with van der Waals surface area (Å²) in [4.78, 5) is 20.3. The van der Waals surface area contributed by atoms with Gasteiger partial charge in [0.2, 0.25) is 5.95 Å². The summed E-state index contributed by atoms with van der Waals surface area (Å²) in [5.41, 5.74) is 1.81. The molecule has 1 amide bonds. The molecule has 0 unspecified atom stereocenters. The van der Waals surface area contributed by atoms with Crippen molar-refractivity contribution < 1.29 is 22.7 Å². The number of nitrogens with one attached hydrogen (secondary N) is 3. The molecule has 34 heavy (non-hydrogen) atoms. The fourth-order valence-electron chi connectivity index (χ4n) is 3.03. The van der Waals surface area contributed by atoms with Crippen molar-refractivity contribution >= 4 is 27.6 Å². The average molecular weight is 481 g/mol. The first-order valence-corrected chi connectivity index (χ1v) is 11.4. The highest BCUT2D eigenvalue weighted by Crippen LogP contribution is 2.32. The highest BCUT2D eigenvalue weighted by atomic mass is 32.2. The van der Waals surface area contributed by atoms with Crippen LogP contribution in [0.15, 0.2) is 71.9 Å². The topological polar surface area (TPSA) is 148 Å². The molecular weight excluding hydrogens is 460 g/mol. The van der Waals surface area contributed by atoms with Crippen molar-refractivity contribution in [2.24, 2.45) is 0 Å². The van der Waals surface area contributed by atoms with E-state index in [1.54, 1.807) is 37.4 Å². The maximum absolute atomic E-state index is 12.7. The van der Waals surface area contributed by atoms with Crippen molar-refractivity contribution in [2.45, 2.75) is 4.90 Å². The predicted molar refractivity (Wildman–Crippen MR) is 124 cm³/mol. The number of hydrogen-bond donors (Lipinski definition) is 3. The Hall–Kier alpha value is -4.45. The normalized spacial score (nSPS) is 11.0. The number of ether oxygens (including phenoxy) is 2. The SMILES string of the molecule is COc1ccc(-c2cc(C(=O)Nc3ccc(S(=O)(=O)Nc4ncccn4)cc3)[nH]n2)c(OC)c1. The van der Waals surface area contributed by atoms with Crippen LogP contribution in [0.5, 0.6) is 11.5 Å². The molecule has 0 saturated heterocycles. The number of rotatable bonds is 8. The Kier molecular flexibility index (Phi) is 6.41. The van der Waals surface area contributed by atoms with Gasteiger partial charge in [0.05, 0.1) is 24.8 Å². The minimum Gasteiger partial charge on any atom is -0.497 e. The molecule has 0 spiro atoms. The highest BCUT2D eigenvalue weighted by molar-refractivity contribution is 7.92. The van der Waals surface area contributed by atoms with E-state index in [4.69, 9.17) is 9.47 Å². The summed E-state index contributed by atoms with van der Waals surface area (Å²) < 4.78 is 37.8. The molecule has 0 fully saturated rings. The molecule has 11 nitrogen and oxygen atoms in total. The summed E-state index contributed by atoms with van der Waals surface area (Å²) in [5, 5.41) is 9.59. The van der Waals surface area contributed by atoms with E-state index in [0.29, 0.717) is 28.4 Å². The van der Waals surface area contributed by atoms with E-state index in [1.807, 2.05) is 0 Å². The molecule has 0 aliphatic rings. The number of benzene rings is 2. The molecule has 0 bridgehead atoms. The predicted octanol–water partition coefficient (Wildman–Crippen LogP) is 2.94. The number of hydrogen-bond acceptors (Lipinski definition) is 8. The van der Waals surface area contributed by atoms with Crippen LogP contribution in [0, 0.1) is 0 Å². The molecule has 4 aromatic rings. The highest BCUT2D eigenvalue weighted by Gasteiger charge is 2.17. The number of H-pyrrole nitrogens is 1. The number of methoxy groups -OCH3 is 2. The first kappa shape index (κ1) is 22.7. The van der Waals surface area contributed by atoms with Gasteiger partial charge in [-0.2, -0.15) is 5.10 Å². The Morgan fingerprint density at radius 3 is 2.38 bits per heavy atom. The van der Waals surface area contributed by atoms with E-state index in [9.17, 15) is 13.2 Å². The number of carbonyl (C=O) groups is 1. The van der Waals surface area contributed by atoms with Gasteiger partial charge >= 0.3 is 0 Å². The van der Waals surface area contributed by atoms with Gasteiger partial charge in [0, 0.05) is 29.7 Å². The van der Waals surface area contributed by atoms with Crippen LogP contribution in [0.3, 0.4) is 0 Å². The quantitative estimate of drug-likeness (QED) is 0.349. The third kappa shape index (κ3) is 4.96. The standard InChI is InChI=1S/C22H20N6O5S/c1-32-15-6-9-17(20(12-15)33-2)18-13-19(27-26-18)21(29)25-14-4-7-16(8-5-14)34(30,31)28-22-23-10-3-11-24-22/h3-13H,1-2H3,(H,25,29)(H,26,27)(H,23,24,28). The van der Waals surface area contributed by atoms with Crippen LogP contribution in [0.1, 0.15) is 10.5 Å². The first-order valence-electron chi connectivity index (χ1n) is 9.88. The number of sulfonamides is 1. The minimum absolute atomic E-state index is 0.00613.